The third-order valence-corrected chi connectivity index (χ3v) is 3.55. The van der Waals surface area contributed by atoms with Crippen molar-refractivity contribution in [1.29, 1.82) is 0 Å². The van der Waals surface area contributed by atoms with E-state index >= 15 is 0 Å². The summed E-state index contributed by atoms with van der Waals surface area (Å²) in [6, 6.07) is 4.33. The normalized spacial score (nSPS) is 19.6. The third-order valence-electron chi connectivity index (χ3n) is 3.55. The molecule has 1 aliphatic heterocycles. The second-order valence-electron chi connectivity index (χ2n) is 4.77. The average molecular weight is 247 g/mol. The van der Waals surface area contributed by atoms with E-state index in [4.69, 9.17) is 0 Å². The lowest BCUT2D eigenvalue weighted by molar-refractivity contribution is 0.148. The minimum absolute atomic E-state index is 0.0679. The number of rotatable bonds is 3. The van der Waals surface area contributed by atoms with Crippen LogP contribution in [-0.2, 0) is 6.54 Å². The highest BCUT2D eigenvalue weighted by molar-refractivity contribution is 5.74. The molecular weight excluding hydrogens is 226 g/mol. The molecule has 1 fully saturated rings. The van der Waals surface area contributed by atoms with Gasteiger partial charge in [-0.1, -0.05) is 6.92 Å². The molecule has 1 aromatic rings. The van der Waals surface area contributed by atoms with Crippen LogP contribution in [0.25, 0.3) is 0 Å². The molecule has 2 amide bonds. The maximum Gasteiger partial charge on any atom is 0.317 e. The van der Waals surface area contributed by atoms with Crippen molar-refractivity contribution in [2.24, 2.45) is 0 Å². The van der Waals surface area contributed by atoms with Crippen LogP contribution in [0.15, 0.2) is 24.5 Å². The number of carbonyl (C=O) groups excluding carboxylic acids is 1. The van der Waals surface area contributed by atoms with Crippen LogP contribution in [0.5, 0.6) is 0 Å². The summed E-state index contributed by atoms with van der Waals surface area (Å²) in [5.41, 5.74) is 1.09. The van der Waals surface area contributed by atoms with E-state index in [2.05, 4.69) is 17.2 Å². The number of hydrogen-bond donors (Lipinski definition) is 1. The van der Waals surface area contributed by atoms with E-state index in [0.717, 1.165) is 31.4 Å². The Morgan fingerprint density at radius 2 is 2.22 bits per heavy atom. The second-order valence-corrected chi connectivity index (χ2v) is 4.77. The van der Waals surface area contributed by atoms with Gasteiger partial charge >= 0.3 is 6.03 Å². The Hall–Kier alpha value is -1.58. The standard InChI is InChI=1S/C14H21N3O/c1-2-13-5-3-4-10-17(13)14(18)16-11-12-6-8-15-9-7-12/h6-9,13H,2-5,10-11H2,1H3,(H,16,18). The van der Waals surface area contributed by atoms with E-state index in [0.29, 0.717) is 12.6 Å². The van der Waals surface area contributed by atoms with Crippen molar-refractivity contribution in [3.8, 4) is 0 Å². The molecule has 0 saturated carbocycles. The number of pyridine rings is 1. The molecule has 1 N–H and O–H groups in total. The maximum absolute atomic E-state index is 12.1. The number of hydrogen-bond acceptors (Lipinski definition) is 2. The van der Waals surface area contributed by atoms with Gasteiger partial charge in [0.05, 0.1) is 0 Å². The number of piperidine rings is 1. The topological polar surface area (TPSA) is 45.2 Å². The first-order chi connectivity index (χ1) is 8.81. The van der Waals surface area contributed by atoms with E-state index in [-0.39, 0.29) is 6.03 Å². The minimum atomic E-state index is 0.0679. The number of amides is 2. The lowest BCUT2D eigenvalue weighted by Gasteiger charge is -2.35. The molecule has 2 rings (SSSR count). The zero-order chi connectivity index (χ0) is 12.8. The van der Waals surface area contributed by atoms with Gasteiger partial charge in [0.2, 0.25) is 0 Å². The predicted octanol–water partition coefficient (Wildman–Crippen LogP) is 2.56. The minimum Gasteiger partial charge on any atom is -0.334 e. The van der Waals surface area contributed by atoms with E-state index in [1.54, 1.807) is 12.4 Å². The SMILES string of the molecule is CCC1CCCCN1C(=O)NCc1ccncc1. The summed E-state index contributed by atoms with van der Waals surface area (Å²) in [6.45, 7) is 3.62. The molecular formula is C14H21N3O. The molecule has 0 radical (unpaired) electrons. The highest BCUT2D eigenvalue weighted by Crippen LogP contribution is 2.19. The number of nitrogens with one attached hydrogen (secondary N) is 1. The molecule has 1 unspecified atom stereocenters. The van der Waals surface area contributed by atoms with Crippen molar-refractivity contribution in [3.05, 3.63) is 30.1 Å². The quantitative estimate of drug-likeness (QED) is 0.892. The van der Waals surface area contributed by atoms with Crippen LogP contribution < -0.4 is 5.32 Å². The summed E-state index contributed by atoms with van der Waals surface area (Å²) in [5, 5.41) is 2.99. The summed E-state index contributed by atoms with van der Waals surface area (Å²) >= 11 is 0. The first kappa shape index (κ1) is 12.9. The van der Waals surface area contributed by atoms with Gasteiger partial charge in [0.15, 0.2) is 0 Å². The van der Waals surface area contributed by atoms with Crippen LogP contribution in [0, 0.1) is 0 Å². The Bertz CT molecular complexity index is 380. The van der Waals surface area contributed by atoms with E-state index in [9.17, 15) is 4.79 Å². The molecule has 0 aliphatic carbocycles. The van der Waals surface area contributed by atoms with Crippen molar-refractivity contribution >= 4 is 6.03 Å². The average Bonchev–Trinajstić information content (AvgIpc) is 2.45. The Labute approximate surface area is 108 Å². The number of nitrogens with zero attached hydrogens (tertiary/aromatic N) is 2. The Kier molecular flexibility index (Phi) is 4.56. The largest absolute Gasteiger partial charge is 0.334 e. The number of urea groups is 1. The number of likely N-dealkylation sites (tertiary alicyclic amines) is 1. The van der Waals surface area contributed by atoms with Crippen molar-refractivity contribution in [1.82, 2.24) is 15.2 Å². The molecule has 1 atom stereocenters. The predicted molar refractivity (Wildman–Crippen MR) is 71.1 cm³/mol. The lowest BCUT2D eigenvalue weighted by atomic mass is 10.0. The highest BCUT2D eigenvalue weighted by Gasteiger charge is 2.24. The van der Waals surface area contributed by atoms with Gasteiger partial charge < -0.3 is 10.2 Å². The fourth-order valence-corrected chi connectivity index (χ4v) is 2.47. The fourth-order valence-electron chi connectivity index (χ4n) is 2.47. The Balaban J connectivity index is 1.87. The van der Waals surface area contributed by atoms with Gasteiger partial charge in [-0.25, -0.2) is 4.79 Å². The second kappa shape index (κ2) is 6.38. The molecule has 0 bridgehead atoms. The van der Waals surface area contributed by atoms with Crippen LogP contribution in [-0.4, -0.2) is 28.5 Å². The smallest absolute Gasteiger partial charge is 0.317 e. The Morgan fingerprint density at radius 1 is 1.44 bits per heavy atom. The summed E-state index contributed by atoms with van der Waals surface area (Å²) in [6.07, 6.45) is 8.04. The third kappa shape index (κ3) is 3.22. The van der Waals surface area contributed by atoms with Crippen molar-refractivity contribution in [2.75, 3.05) is 6.54 Å². The van der Waals surface area contributed by atoms with Crippen LogP contribution in [0.1, 0.15) is 38.2 Å². The van der Waals surface area contributed by atoms with Gasteiger partial charge in [0, 0.05) is 31.5 Å². The monoisotopic (exact) mass is 247 g/mol. The van der Waals surface area contributed by atoms with Gasteiger partial charge in [-0.2, -0.15) is 0 Å². The van der Waals surface area contributed by atoms with Crippen molar-refractivity contribution < 1.29 is 4.79 Å². The van der Waals surface area contributed by atoms with E-state index in [1.165, 1.54) is 6.42 Å². The zero-order valence-corrected chi connectivity index (χ0v) is 10.9. The molecule has 98 valence electrons. The van der Waals surface area contributed by atoms with Crippen LogP contribution in [0.3, 0.4) is 0 Å². The van der Waals surface area contributed by atoms with Crippen LogP contribution in [0.4, 0.5) is 4.79 Å². The molecule has 1 saturated heterocycles. The number of carbonyl (C=O) groups is 1. The van der Waals surface area contributed by atoms with Gasteiger partial charge in [-0.3, -0.25) is 4.98 Å². The van der Waals surface area contributed by atoms with E-state index < -0.39 is 0 Å². The van der Waals surface area contributed by atoms with E-state index in [1.807, 2.05) is 17.0 Å². The zero-order valence-electron chi connectivity index (χ0n) is 10.9. The highest BCUT2D eigenvalue weighted by atomic mass is 16.2. The molecule has 0 aromatic carbocycles. The molecule has 2 heterocycles. The first-order valence-corrected chi connectivity index (χ1v) is 6.74. The lowest BCUT2D eigenvalue weighted by Crippen LogP contribution is -2.48. The fraction of sp³-hybridized carbons (Fsp3) is 0.571. The Morgan fingerprint density at radius 3 is 2.94 bits per heavy atom. The summed E-state index contributed by atoms with van der Waals surface area (Å²) in [4.78, 5) is 18.1. The van der Waals surface area contributed by atoms with Crippen LogP contribution >= 0.6 is 0 Å². The summed E-state index contributed by atoms with van der Waals surface area (Å²) in [5.74, 6) is 0. The summed E-state index contributed by atoms with van der Waals surface area (Å²) < 4.78 is 0. The van der Waals surface area contributed by atoms with Gasteiger partial charge in [0.1, 0.15) is 0 Å². The molecule has 4 nitrogen and oxygen atoms in total. The molecule has 1 aliphatic rings. The van der Waals surface area contributed by atoms with Crippen LogP contribution in [0.2, 0.25) is 0 Å². The number of aromatic nitrogens is 1. The van der Waals surface area contributed by atoms with Gasteiger partial charge in [-0.15, -0.1) is 0 Å². The molecule has 18 heavy (non-hydrogen) atoms. The van der Waals surface area contributed by atoms with Gasteiger partial charge in [-0.05, 0) is 43.4 Å². The summed E-state index contributed by atoms with van der Waals surface area (Å²) in [7, 11) is 0. The van der Waals surface area contributed by atoms with Gasteiger partial charge in [0.25, 0.3) is 0 Å². The molecule has 4 heteroatoms. The van der Waals surface area contributed by atoms with Crippen molar-refractivity contribution in [3.63, 3.8) is 0 Å². The van der Waals surface area contributed by atoms with Crippen molar-refractivity contribution in [2.45, 2.75) is 45.2 Å². The molecule has 0 spiro atoms. The molecule has 1 aromatic heterocycles. The maximum atomic E-state index is 12.1. The first-order valence-electron chi connectivity index (χ1n) is 6.74.